The van der Waals surface area contributed by atoms with Crippen LogP contribution in [0.4, 0.5) is 0 Å². The number of carbonyl (C=O) groups is 1. The highest BCUT2D eigenvalue weighted by Crippen LogP contribution is 2.15. The molecule has 0 atom stereocenters. The van der Waals surface area contributed by atoms with Crippen LogP contribution in [-0.2, 0) is 17.8 Å². The predicted molar refractivity (Wildman–Crippen MR) is 94.7 cm³/mol. The van der Waals surface area contributed by atoms with Gasteiger partial charge in [0.25, 0.3) is 0 Å². The van der Waals surface area contributed by atoms with Crippen molar-refractivity contribution in [2.75, 3.05) is 6.54 Å². The number of nitrogens with one attached hydrogen (secondary N) is 1. The van der Waals surface area contributed by atoms with Crippen LogP contribution < -0.4 is 5.32 Å². The molecule has 1 heterocycles. The van der Waals surface area contributed by atoms with Crippen molar-refractivity contribution >= 4 is 28.4 Å². The Balaban J connectivity index is 1.45. The highest BCUT2D eigenvalue weighted by Gasteiger charge is 2.04. The Bertz CT molecular complexity index is 792. The molecule has 1 aromatic heterocycles. The minimum Gasteiger partial charge on any atom is -0.356 e. The first kappa shape index (κ1) is 15.6. The fourth-order valence-electron chi connectivity index (χ4n) is 2.64. The predicted octanol–water partition coefficient (Wildman–Crippen LogP) is 4.04. The van der Waals surface area contributed by atoms with Crippen molar-refractivity contribution in [2.45, 2.75) is 19.4 Å². The molecule has 3 nitrogen and oxygen atoms in total. The van der Waals surface area contributed by atoms with E-state index < -0.39 is 0 Å². The van der Waals surface area contributed by atoms with E-state index in [4.69, 9.17) is 11.6 Å². The average Bonchev–Trinajstić information content (AvgIpc) is 2.98. The van der Waals surface area contributed by atoms with Crippen molar-refractivity contribution in [1.82, 2.24) is 9.88 Å². The highest BCUT2D eigenvalue weighted by atomic mass is 35.5. The van der Waals surface area contributed by atoms with E-state index in [2.05, 4.69) is 28.1 Å². The van der Waals surface area contributed by atoms with Crippen molar-refractivity contribution in [1.29, 1.82) is 0 Å². The minimum atomic E-state index is 0.0803. The van der Waals surface area contributed by atoms with E-state index in [0.717, 1.165) is 11.4 Å². The zero-order chi connectivity index (χ0) is 16.1. The zero-order valence-corrected chi connectivity index (χ0v) is 13.6. The second kappa shape index (κ2) is 7.34. The van der Waals surface area contributed by atoms with E-state index in [0.29, 0.717) is 19.5 Å². The van der Waals surface area contributed by atoms with Gasteiger partial charge in [-0.3, -0.25) is 4.79 Å². The number of rotatable bonds is 6. The zero-order valence-electron chi connectivity index (χ0n) is 12.8. The van der Waals surface area contributed by atoms with Crippen LogP contribution in [0.5, 0.6) is 0 Å². The Morgan fingerprint density at radius 1 is 1.04 bits per heavy atom. The SMILES string of the molecule is O=C(CCn1ccc2ccccc21)NCCc1ccc(Cl)cc1. The topological polar surface area (TPSA) is 34.0 Å². The fourth-order valence-corrected chi connectivity index (χ4v) is 2.77. The molecular weight excluding hydrogens is 308 g/mol. The molecule has 0 aliphatic rings. The summed E-state index contributed by atoms with van der Waals surface area (Å²) in [6, 6.07) is 18.0. The number of fused-ring (bicyclic) bond motifs is 1. The molecular formula is C19H19ClN2O. The van der Waals surface area contributed by atoms with E-state index >= 15 is 0 Å². The summed E-state index contributed by atoms with van der Waals surface area (Å²) in [6.07, 6.45) is 3.33. The second-order valence-electron chi connectivity index (χ2n) is 5.54. The maximum absolute atomic E-state index is 12.0. The summed E-state index contributed by atoms with van der Waals surface area (Å²) in [4.78, 5) is 12.0. The Morgan fingerprint density at radius 2 is 1.83 bits per heavy atom. The van der Waals surface area contributed by atoms with Gasteiger partial charge in [0, 0.05) is 36.2 Å². The summed E-state index contributed by atoms with van der Waals surface area (Å²) < 4.78 is 2.12. The molecule has 0 aliphatic carbocycles. The molecule has 4 heteroatoms. The van der Waals surface area contributed by atoms with E-state index in [9.17, 15) is 4.79 Å². The Hall–Kier alpha value is -2.26. The van der Waals surface area contributed by atoms with Gasteiger partial charge in [0.1, 0.15) is 0 Å². The van der Waals surface area contributed by atoms with E-state index in [1.807, 2.05) is 42.6 Å². The van der Waals surface area contributed by atoms with Crippen molar-refractivity contribution in [3.63, 3.8) is 0 Å². The summed E-state index contributed by atoms with van der Waals surface area (Å²) >= 11 is 5.86. The first-order chi connectivity index (χ1) is 11.2. The van der Waals surface area contributed by atoms with Crippen LogP contribution in [0.25, 0.3) is 10.9 Å². The van der Waals surface area contributed by atoms with Crippen molar-refractivity contribution in [3.05, 3.63) is 71.4 Å². The van der Waals surface area contributed by atoms with Crippen molar-refractivity contribution in [2.24, 2.45) is 0 Å². The Kier molecular flexibility index (Phi) is 4.99. The van der Waals surface area contributed by atoms with Crippen LogP contribution in [0.3, 0.4) is 0 Å². The monoisotopic (exact) mass is 326 g/mol. The molecule has 1 N–H and O–H groups in total. The number of carbonyl (C=O) groups excluding carboxylic acids is 1. The summed E-state index contributed by atoms with van der Waals surface area (Å²) in [5.74, 6) is 0.0803. The molecule has 0 unspecified atom stereocenters. The molecule has 0 saturated heterocycles. The molecule has 118 valence electrons. The van der Waals surface area contributed by atoms with Gasteiger partial charge in [-0.15, -0.1) is 0 Å². The normalized spacial score (nSPS) is 10.8. The summed E-state index contributed by atoms with van der Waals surface area (Å²) in [7, 11) is 0. The van der Waals surface area contributed by atoms with Crippen LogP contribution in [-0.4, -0.2) is 17.0 Å². The molecule has 2 aromatic carbocycles. The van der Waals surface area contributed by atoms with Gasteiger partial charge in [-0.25, -0.2) is 0 Å². The number of hydrogen-bond donors (Lipinski definition) is 1. The smallest absolute Gasteiger partial charge is 0.221 e. The largest absolute Gasteiger partial charge is 0.356 e. The van der Waals surface area contributed by atoms with Crippen LogP contribution >= 0.6 is 11.6 Å². The average molecular weight is 327 g/mol. The van der Waals surface area contributed by atoms with Crippen LogP contribution in [0.2, 0.25) is 5.02 Å². The number of aromatic nitrogens is 1. The van der Waals surface area contributed by atoms with Crippen LogP contribution in [0.15, 0.2) is 60.8 Å². The molecule has 0 radical (unpaired) electrons. The molecule has 0 saturated carbocycles. The van der Waals surface area contributed by atoms with Gasteiger partial charge in [0.05, 0.1) is 0 Å². The summed E-state index contributed by atoms with van der Waals surface area (Å²) in [5, 5.41) is 4.91. The Morgan fingerprint density at radius 3 is 2.65 bits per heavy atom. The Labute approximate surface area is 140 Å². The van der Waals surface area contributed by atoms with Crippen LogP contribution in [0, 0.1) is 0 Å². The number of amides is 1. The highest BCUT2D eigenvalue weighted by molar-refractivity contribution is 6.30. The summed E-state index contributed by atoms with van der Waals surface area (Å²) in [6.45, 7) is 1.34. The lowest BCUT2D eigenvalue weighted by atomic mass is 10.1. The molecule has 0 bridgehead atoms. The van der Waals surface area contributed by atoms with E-state index in [1.54, 1.807) is 0 Å². The number of nitrogens with zero attached hydrogens (tertiary/aromatic N) is 1. The lowest BCUT2D eigenvalue weighted by Gasteiger charge is -2.07. The fraction of sp³-hybridized carbons (Fsp3) is 0.211. The van der Waals surface area contributed by atoms with Crippen molar-refractivity contribution < 1.29 is 4.79 Å². The molecule has 0 aliphatic heterocycles. The number of para-hydroxylation sites is 1. The third-order valence-corrected chi connectivity index (χ3v) is 4.16. The van der Waals surface area contributed by atoms with Crippen molar-refractivity contribution in [3.8, 4) is 0 Å². The third-order valence-electron chi connectivity index (χ3n) is 3.91. The van der Waals surface area contributed by atoms with Gasteiger partial charge in [-0.2, -0.15) is 0 Å². The van der Waals surface area contributed by atoms with Gasteiger partial charge in [-0.05, 0) is 41.6 Å². The van der Waals surface area contributed by atoms with Gasteiger partial charge in [0.15, 0.2) is 0 Å². The first-order valence-electron chi connectivity index (χ1n) is 7.77. The lowest BCUT2D eigenvalue weighted by molar-refractivity contribution is -0.121. The van der Waals surface area contributed by atoms with Gasteiger partial charge in [0.2, 0.25) is 5.91 Å². The minimum absolute atomic E-state index is 0.0803. The molecule has 23 heavy (non-hydrogen) atoms. The first-order valence-corrected chi connectivity index (χ1v) is 8.15. The van der Waals surface area contributed by atoms with Gasteiger partial charge in [-0.1, -0.05) is 41.9 Å². The quantitative estimate of drug-likeness (QED) is 0.728. The number of benzene rings is 2. The lowest BCUT2D eigenvalue weighted by Crippen LogP contribution is -2.26. The maximum atomic E-state index is 12.0. The maximum Gasteiger partial charge on any atom is 0.221 e. The molecule has 0 spiro atoms. The second-order valence-corrected chi connectivity index (χ2v) is 5.98. The van der Waals surface area contributed by atoms with Gasteiger partial charge < -0.3 is 9.88 Å². The summed E-state index contributed by atoms with van der Waals surface area (Å²) in [5.41, 5.74) is 2.34. The molecule has 0 fully saturated rings. The molecule has 1 amide bonds. The van der Waals surface area contributed by atoms with E-state index in [-0.39, 0.29) is 5.91 Å². The van der Waals surface area contributed by atoms with Gasteiger partial charge >= 0.3 is 0 Å². The standard InChI is InChI=1S/C19H19ClN2O/c20-17-7-5-15(6-8-17)9-12-21-19(23)11-14-22-13-10-16-3-1-2-4-18(16)22/h1-8,10,13H,9,11-12,14H2,(H,21,23). The third kappa shape index (κ3) is 4.14. The number of hydrogen-bond acceptors (Lipinski definition) is 1. The van der Waals surface area contributed by atoms with E-state index in [1.165, 1.54) is 16.5 Å². The number of aryl methyl sites for hydroxylation is 1. The number of halogens is 1. The molecule has 3 aromatic rings. The molecule has 3 rings (SSSR count). The van der Waals surface area contributed by atoms with Crippen LogP contribution in [0.1, 0.15) is 12.0 Å².